The van der Waals surface area contributed by atoms with E-state index in [0.29, 0.717) is 5.82 Å². The number of aromatic amines is 1. The highest BCUT2D eigenvalue weighted by Gasteiger charge is 2.15. The summed E-state index contributed by atoms with van der Waals surface area (Å²) in [5.74, 6) is 1.43. The van der Waals surface area contributed by atoms with Crippen LogP contribution in [0.15, 0.2) is 5.38 Å². The third-order valence-corrected chi connectivity index (χ3v) is 3.20. The summed E-state index contributed by atoms with van der Waals surface area (Å²) in [5.41, 5.74) is 0.752. The smallest absolute Gasteiger partial charge is 0.245 e. The van der Waals surface area contributed by atoms with Crippen molar-refractivity contribution in [1.82, 2.24) is 30.1 Å². The molecule has 1 saturated heterocycles. The summed E-state index contributed by atoms with van der Waals surface area (Å²) in [7, 11) is 0. The Labute approximate surface area is 102 Å². The first-order chi connectivity index (χ1) is 8.43. The van der Waals surface area contributed by atoms with Crippen LogP contribution >= 0.6 is 11.5 Å². The molecule has 0 saturated carbocycles. The topological polar surface area (TPSA) is 82.6 Å². The van der Waals surface area contributed by atoms with Crippen LogP contribution in [-0.4, -0.2) is 50.9 Å². The fraction of sp³-hybridized carbons (Fsp3) is 0.556. The molecule has 0 spiro atoms. The molecule has 0 unspecified atom stereocenters. The van der Waals surface area contributed by atoms with Crippen molar-refractivity contribution in [3.8, 4) is 11.5 Å². The standard InChI is InChI=1S/C9H13N7S/c1-2-10-3-5-16(4-1)9-11-8(13-14-9)7-6-17-15-12-7/h6,10H,1-5H2,(H,11,13,14). The van der Waals surface area contributed by atoms with Gasteiger partial charge in [-0.2, -0.15) is 4.98 Å². The Hall–Kier alpha value is -1.54. The average Bonchev–Trinajstić information content (AvgIpc) is 2.95. The van der Waals surface area contributed by atoms with Gasteiger partial charge < -0.3 is 10.2 Å². The molecule has 1 fully saturated rings. The van der Waals surface area contributed by atoms with Crippen LogP contribution in [0.1, 0.15) is 6.42 Å². The zero-order valence-corrected chi connectivity index (χ0v) is 10.1. The predicted octanol–water partition coefficient (Wildman–Crippen LogP) is 0.123. The number of H-pyrrole nitrogens is 1. The van der Waals surface area contributed by atoms with Gasteiger partial charge in [0, 0.05) is 25.0 Å². The first-order valence-corrected chi connectivity index (χ1v) is 6.42. The van der Waals surface area contributed by atoms with E-state index >= 15 is 0 Å². The minimum Gasteiger partial charge on any atom is -0.338 e. The molecule has 90 valence electrons. The summed E-state index contributed by atoms with van der Waals surface area (Å²) in [4.78, 5) is 6.63. The maximum atomic E-state index is 4.45. The molecule has 3 rings (SSSR count). The molecule has 7 nitrogen and oxygen atoms in total. The number of anilines is 1. The Bertz CT molecular complexity index is 457. The number of hydrogen-bond acceptors (Lipinski definition) is 7. The van der Waals surface area contributed by atoms with Crippen molar-refractivity contribution in [2.24, 2.45) is 0 Å². The van der Waals surface area contributed by atoms with Gasteiger partial charge in [0.05, 0.1) is 0 Å². The zero-order chi connectivity index (χ0) is 11.5. The highest BCUT2D eigenvalue weighted by molar-refractivity contribution is 7.03. The molecule has 2 aromatic heterocycles. The van der Waals surface area contributed by atoms with E-state index in [2.05, 4.69) is 35.0 Å². The van der Waals surface area contributed by atoms with Gasteiger partial charge in [0.25, 0.3) is 0 Å². The molecule has 0 aliphatic carbocycles. The van der Waals surface area contributed by atoms with Gasteiger partial charge in [-0.1, -0.05) is 4.49 Å². The van der Waals surface area contributed by atoms with Gasteiger partial charge in [-0.15, -0.1) is 10.2 Å². The first-order valence-electron chi connectivity index (χ1n) is 5.59. The molecule has 0 atom stereocenters. The molecule has 1 aliphatic rings. The lowest BCUT2D eigenvalue weighted by molar-refractivity contribution is 0.724. The maximum Gasteiger partial charge on any atom is 0.245 e. The van der Waals surface area contributed by atoms with Crippen LogP contribution in [0.3, 0.4) is 0 Å². The molecule has 0 radical (unpaired) electrons. The number of aromatic nitrogens is 5. The normalized spacial score (nSPS) is 17.1. The minimum absolute atomic E-state index is 0.686. The van der Waals surface area contributed by atoms with Crippen LogP contribution in [0.2, 0.25) is 0 Å². The molecule has 0 bridgehead atoms. The van der Waals surface area contributed by atoms with Gasteiger partial charge in [0.15, 0.2) is 5.82 Å². The Balaban J connectivity index is 1.79. The van der Waals surface area contributed by atoms with Crippen molar-refractivity contribution in [1.29, 1.82) is 0 Å². The Kier molecular flexibility index (Phi) is 2.97. The second-order valence-electron chi connectivity index (χ2n) is 3.86. The van der Waals surface area contributed by atoms with Crippen LogP contribution in [0.5, 0.6) is 0 Å². The van der Waals surface area contributed by atoms with E-state index in [-0.39, 0.29) is 0 Å². The highest BCUT2D eigenvalue weighted by atomic mass is 32.1. The van der Waals surface area contributed by atoms with Crippen LogP contribution < -0.4 is 10.2 Å². The average molecular weight is 251 g/mol. The van der Waals surface area contributed by atoms with Crippen LogP contribution in [-0.2, 0) is 0 Å². The van der Waals surface area contributed by atoms with Gasteiger partial charge in [0.1, 0.15) is 5.69 Å². The number of hydrogen-bond donors (Lipinski definition) is 2. The zero-order valence-electron chi connectivity index (χ0n) is 9.26. The lowest BCUT2D eigenvalue weighted by atomic mass is 10.4. The van der Waals surface area contributed by atoms with Gasteiger partial charge in [-0.05, 0) is 24.5 Å². The third-order valence-electron chi connectivity index (χ3n) is 2.70. The molecule has 0 aromatic carbocycles. The molecule has 8 heteroatoms. The summed E-state index contributed by atoms with van der Waals surface area (Å²) in [6.07, 6.45) is 1.11. The van der Waals surface area contributed by atoms with Crippen molar-refractivity contribution >= 4 is 17.5 Å². The number of nitrogens with one attached hydrogen (secondary N) is 2. The Morgan fingerprint density at radius 1 is 1.29 bits per heavy atom. The van der Waals surface area contributed by atoms with Crippen molar-refractivity contribution in [3.63, 3.8) is 0 Å². The summed E-state index contributed by atoms with van der Waals surface area (Å²) >= 11 is 1.31. The van der Waals surface area contributed by atoms with Crippen LogP contribution in [0.4, 0.5) is 5.95 Å². The quantitative estimate of drug-likeness (QED) is 0.789. The number of nitrogens with zero attached hydrogens (tertiary/aromatic N) is 5. The van der Waals surface area contributed by atoms with Gasteiger partial charge in [0.2, 0.25) is 5.95 Å². The SMILES string of the molecule is c1snnc1-c1nc(N2CCCNCC2)n[nH]1. The fourth-order valence-corrected chi connectivity index (χ4v) is 2.26. The molecular weight excluding hydrogens is 238 g/mol. The molecule has 0 amide bonds. The third kappa shape index (κ3) is 2.27. The van der Waals surface area contributed by atoms with E-state index in [9.17, 15) is 0 Å². The predicted molar refractivity (Wildman–Crippen MR) is 65.0 cm³/mol. The van der Waals surface area contributed by atoms with Gasteiger partial charge in [-0.25, -0.2) is 0 Å². The van der Waals surface area contributed by atoms with E-state index in [1.54, 1.807) is 0 Å². The summed E-state index contributed by atoms with van der Waals surface area (Å²) in [6, 6.07) is 0. The van der Waals surface area contributed by atoms with Crippen molar-refractivity contribution in [3.05, 3.63) is 5.38 Å². The van der Waals surface area contributed by atoms with Gasteiger partial charge in [-0.3, -0.25) is 5.10 Å². The summed E-state index contributed by atoms with van der Waals surface area (Å²) < 4.78 is 3.82. The highest BCUT2D eigenvalue weighted by Crippen LogP contribution is 2.16. The second kappa shape index (κ2) is 4.76. The lowest BCUT2D eigenvalue weighted by Crippen LogP contribution is -2.28. The maximum absolute atomic E-state index is 4.45. The van der Waals surface area contributed by atoms with E-state index in [4.69, 9.17) is 0 Å². The lowest BCUT2D eigenvalue weighted by Gasteiger charge is -2.16. The van der Waals surface area contributed by atoms with E-state index in [0.717, 1.165) is 44.2 Å². The first kappa shape index (κ1) is 10.6. The van der Waals surface area contributed by atoms with Crippen molar-refractivity contribution in [2.45, 2.75) is 6.42 Å². The van der Waals surface area contributed by atoms with E-state index < -0.39 is 0 Å². The Morgan fingerprint density at radius 2 is 2.29 bits per heavy atom. The molecule has 2 N–H and O–H groups in total. The molecular formula is C9H13N7S. The minimum atomic E-state index is 0.686. The molecule has 2 aromatic rings. The molecule has 1 aliphatic heterocycles. The van der Waals surface area contributed by atoms with Crippen LogP contribution in [0.25, 0.3) is 11.5 Å². The molecule has 17 heavy (non-hydrogen) atoms. The number of rotatable bonds is 2. The summed E-state index contributed by atoms with van der Waals surface area (Å²) in [6.45, 7) is 3.96. The van der Waals surface area contributed by atoms with E-state index in [1.165, 1.54) is 11.5 Å². The van der Waals surface area contributed by atoms with Crippen LogP contribution in [0, 0.1) is 0 Å². The van der Waals surface area contributed by atoms with Crippen molar-refractivity contribution in [2.75, 3.05) is 31.1 Å². The molecule has 3 heterocycles. The second-order valence-corrected chi connectivity index (χ2v) is 4.47. The summed E-state index contributed by atoms with van der Waals surface area (Å²) in [5, 5.41) is 16.3. The Morgan fingerprint density at radius 3 is 3.18 bits per heavy atom. The van der Waals surface area contributed by atoms with Crippen molar-refractivity contribution < 1.29 is 0 Å². The van der Waals surface area contributed by atoms with E-state index in [1.807, 2.05) is 5.38 Å². The fourth-order valence-electron chi connectivity index (χ4n) is 1.82. The van der Waals surface area contributed by atoms with Gasteiger partial charge >= 0.3 is 0 Å². The largest absolute Gasteiger partial charge is 0.338 e. The monoisotopic (exact) mass is 251 g/mol.